The van der Waals surface area contributed by atoms with Gasteiger partial charge in [-0.3, -0.25) is 9.59 Å². The number of carbonyl (C=O) groups excluding carboxylic acids is 2. The maximum absolute atomic E-state index is 11.0. The normalized spacial score (nSPS) is 43.1. The lowest BCUT2D eigenvalue weighted by molar-refractivity contribution is -0.127. The van der Waals surface area contributed by atoms with Crippen LogP contribution in [0.25, 0.3) is 0 Å². The lowest BCUT2D eigenvalue weighted by Crippen LogP contribution is -2.46. The van der Waals surface area contributed by atoms with Gasteiger partial charge in [0.1, 0.15) is 11.9 Å². The minimum Gasteiger partial charge on any atom is -0.377 e. The summed E-state index contributed by atoms with van der Waals surface area (Å²) >= 11 is 0. The fourth-order valence-electron chi connectivity index (χ4n) is 3.18. The molecule has 0 bridgehead atoms. The maximum Gasteiger partial charge on any atom is 0.156 e. The van der Waals surface area contributed by atoms with E-state index in [0.29, 0.717) is 24.9 Å². The van der Waals surface area contributed by atoms with Gasteiger partial charge in [-0.15, -0.1) is 0 Å². The molecule has 0 saturated heterocycles. The van der Waals surface area contributed by atoms with Crippen LogP contribution in [0.5, 0.6) is 0 Å². The fraction of sp³-hybridized carbons (Fsp3) is 0.692. The van der Waals surface area contributed by atoms with E-state index in [0.717, 1.165) is 25.7 Å². The van der Waals surface area contributed by atoms with Crippen molar-refractivity contribution in [1.82, 2.24) is 0 Å². The molecule has 16 heavy (non-hydrogen) atoms. The third-order valence-electron chi connectivity index (χ3n) is 4.32. The molecule has 0 aromatic rings. The molecule has 3 atom stereocenters. The summed E-state index contributed by atoms with van der Waals surface area (Å²) in [5.74, 6) is 0.320. The van der Waals surface area contributed by atoms with Crippen LogP contribution in [0.1, 0.15) is 39.0 Å². The Morgan fingerprint density at radius 2 is 2.19 bits per heavy atom. The van der Waals surface area contributed by atoms with E-state index in [1.807, 2.05) is 6.08 Å². The van der Waals surface area contributed by atoms with Gasteiger partial charge in [-0.25, -0.2) is 0 Å². The average molecular weight is 222 g/mol. The maximum atomic E-state index is 11.0. The molecule has 0 amide bonds. The van der Waals surface area contributed by atoms with Crippen molar-refractivity contribution in [3.63, 3.8) is 0 Å². The predicted molar refractivity (Wildman–Crippen MR) is 59.8 cm³/mol. The first-order valence-corrected chi connectivity index (χ1v) is 5.91. The number of hydrogen-bond acceptors (Lipinski definition) is 3. The number of fused-ring (bicyclic) bond motifs is 1. The van der Waals surface area contributed by atoms with E-state index in [2.05, 4.69) is 6.92 Å². The Kier molecular flexibility index (Phi) is 2.74. The molecule has 0 aliphatic heterocycles. The van der Waals surface area contributed by atoms with Crippen molar-refractivity contribution in [2.24, 2.45) is 11.3 Å². The van der Waals surface area contributed by atoms with Crippen molar-refractivity contribution in [2.45, 2.75) is 44.6 Å². The number of allylic oxidation sites excluding steroid dienone is 1. The Bertz CT molecular complexity index is 347. The fourth-order valence-corrected chi connectivity index (χ4v) is 3.18. The molecule has 1 saturated carbocycles. The zero-order valence-corrected chi connectivity index (χ0v) is 9.61. The quantitative estimate of drug-likeness (QED) is 0.723. The van der Waals surface area contributed by atoms with Gasteiger partial charge in [-0.1, -0.05) is 25.8 Å². The van der Waals surface area contributed by atoms with Crippen molar-refractivity contribution < 1.29 is 14.7 Å². The van der Waals surface area contributed by atoms with Gasteiger partial charge in [0, 0.05) is 5.57 Å². The van der Waals surface area contributed by atoms with Gasteiger partial charge >= 0.3 is 0 Å². The van der Waals surface area contributed by atoms with Crippen LogP contribution in [0.15, 0.2) is 11.6 Å². The highest BCUT2D eigenvalue weighted by Gasteiger charge is 2.47. The Morgan fingerprint density at radius 1 is 1.44 bits per heavy atom. The molecule has 0 aromatic carbocycles. The first-order chi connectivity index (χ1) is 7.54. The molecule has 3 nitrogen and oxygen atoms in total. The number of rotatable bonds is 2. The van der Waals surface area contributed by atoms with Gasteiger partial charge in [0.05, 0.1) is 0 Å². The van der Waals surface area contributed by atoms with Crippen LogP contribution in [0.4, 0.5) is 0 Å². The van der Waals surface area contributed by atoms with Gasteiger partial charge in [-0.2, -0.15) is 0 Å². The van der Waals surface area contributed by atoms with Gasteiger partial charge < -0.3 is 5.11 Å². The summed E-state index contributed by atoms with van der Waals surface area (Å²) in [4.78, 5) is 21.9. The molecule has 2 aliphatic carbocycles. The molecule has 1 N–H and O–H groups in total. The number of aliphatic hydroxyl groups is 1. The lowest BCUT2D eigenvalue weighted by atomic mass is 9.59. The lowest BCUT2D eigenvalue weighted by Gasteiger charge is -2.46. The summed E-state index contributed by atoms with van der Waals surface area (Å²) in [5.41, 5.74) is -1.30. The van der Waals surface area contributed by atoms with Crippen LogP contribution in [0.2, 0.25) is 0 Å². The van der Waals surface area contributed by atoms with Gasteiger partial charge in [0.15, 0.2) is 6.29 Å². The van der Waals surface area contributed by atoms with Gasteiger partial charge in [-0.05, 0) is 30.6 Å². The van der Waals surface area contributed by atoms with E-state index < -0.39 is 5.60 Å². The van der Waals surface area contributed by atoms with Crippen LogP contribution < -0.4 is 0 Å². The second-order valence-corrected chi connectivity index (χ2v) is 5.41. The minimum absolute atomic E-state index is 0.0102. The molecule has 0 unspecified atom stereocenters. The van der Waals surface area contributed by atoms with E-state index in [1.54, 1.807) is 0 Å². The third-order valence-corrected chi connectivity index (χ3v) is 4.32. The zero-order chi connectivity index (χ0) is 11.8. The third kappa shape index (κ3) is 1.63. The molecular formula is C13H18O3. The molecule has 0 radical (unpaired) electrons. The van der Waals surface area contributed by atoms with Crippen molar-refractivity contribution >= 4 is 12.6 Å². The van der Waals surface area contributed by atoms with Gasteiger partial charge in [0.25, 0.3) is 0 Å². The molecular weight excluding hydrogens is 204 g/mol. The minimum atomic E-state index is -1.54. The summed E-state index contributed by atoms with van der Waals surface area (Å²) in [7, 11) is 0. The second kappa shape index (κ2) is 3.81. The summed E-state index contributed by atoms with van der Waals surface area (Å²) in [6.45, 7) is 2.13. The molecule has 88 valence electrons. The Hall–Kier alpha value is -0.960. The van der Waals surface area contributed by atoms with Crippen LogP contribution in [-0.4, -0.2) is 23.3 Å². The van der Waals surface area contributed by atoms with Crippen LogP contribution in [0, 0.1) is 11.3 Å². The Morgan fingerprint density at radius 3 is 2.81 bits per heavy atom. The second-order valence-electron chi connectivity index (χ2n) is 5.41. The highest BCUT2D eigenvalue weighted by atomic mass is 16.3. The topological polar surface area (TPSA) is 54.4 Å². The van der Waals surface area contributed by atoms with E-state index >= 15 is 0 Å². The number of hydrogen-bond donors (Lipinski definition) is 1. The van der Waals surface area contributed by atoms with Crippen molar-refractivity contribution in [3.8, 4) is 0 Å². The SMILES string of the molecule is C[C@]12C=C(C=O)[C@@](O)(C=O)C[C@H]1CCCC2. The van der Waals surface area contributed by atoms with Crippen LogP contribution in [-0.2, 0) is 9.59 Å². The smallest absolute Gasteiger partial charge is 0.156 e. The monoisotopic (exact) mass is 222 g/mol. The average Bonchev–Trinajstić information content (AvgIpc) is 2.29. The zero-order valence-electron chi connectivity index (χ0n) is 9.61. The van der Waals surface area contributed by atoms with Gasteiger partial charge in [0.2, 0.25) is 0 Å². The van der Waals surface area contributed by atoms with E-state index in [4.69, 9.17) is 0 Å². The summed E-state index contributed by atoms with van der Waals surface area (Å²) in [6.07, 6.45) is 7.78. The molecule has 2 aliphatic rings. The van der Waals surface area contributed by atoms with Crippen LogP contribution >= 0.6 is 0 Å². The van der Waals surface area contributed by atoms with Crippen LogP contribution in [0.3, 0.4) is 0 Å². The Balaban J connectivity index is 2.42. The highest BCUT2D eigenvalue weighted by Crippen LogP contribution is 2.50. The van der Waals surface area contributed by atoms with Crippen molar-refractivity contribution in [3.05, 3.63) is 11.6 Å². The van der Waals surface area contributed by atoms with Crippen molar-refractivity contribution in [1.29, 1.82) is 0 Å². The molecule has 1 fully saturated rings. The molecule has 0 aromatic heterocycles. The first-order valence-electron chi connectivity index (χ1n) is 5.91. The van der Waals surface area contributed by atoms with E-state index in [-0.39, 0.29) is 11.0 Å². The first kappa shape index (κ1) is 11.5. The molecule has 0 spiro atoms. The Labute approximate surface area is 95.5 Å². The molecule has 2 rings (SSSR count). The van der Waals surface area contributed by atoms with E-state index in [9.17, 15) is 14.7 Å². The largest absolute Gasteiger partial charge is 0.377 e. The molecule has 0 heterocycles. The highest BCUT2D eigenvalue weighted by molar-refractivity contribution is 5.87. The summed E-state index contributed by atoms with van der Waals surface area (Å²) in [5, 5.41) is 10.1. The number of aldehydes is 2. The standard InChI is InChI=1S/C13H18O3/c1-12-5-3-2-4-10(12)7-13(16,9-15)11(6-12)8-14/h6,8-10,16H,2-5,7H2,1H3/t10-,12+,13+/m1/s1. The summed E-state index contributed by atoms with van der Waals surface area (Å²) < 4.78 is 0. The predicted octanol–water partition coefficient (Wildman–Crippen LogP) is 1.64. The van der Waals surface area contributed by atoms with Crippen molar-refractivity contribution in [2.75, 3.05) is 0 Å². The van der Waals surface area contributed by atoms with E-state index in [1.165, 1.54) is 0 Å². The number of carbonyl (C=O) groups is 2. The summed E-state index contributed by atoms with van der Waals surface area (Å²) in [6, 6.07) is 0. The molecule has 3 heteroatoms.